The van der Waals surface area contributed by atoms with E-state index in [1.165, 1.54) is 16.9 Å². The number of piperidine rings is 1. The lowest BCUT2D eigenvalue weighted by Crippen LogP contribution is -2.51. The first kappa shape index (κ1) is 25.9. The quantitative estimate of drug-likeness (QED) is 0.589. The molecule has 1 aromatic carbocycles. The summed E-state index contributed by atoms with van der Waals surface area (Å²) in [5.74, 6) is -0.0465. The summed E-state index contributed by atoms with van der Waals surface area (Å²) in [4.78, 5) is 47.0. The van der Waals surface area contributed by atoms with Gasteiger partial charge in [-0.3, -0.25) is 15.0 Å². The van der Waals surface area contributed by atoms with Crippen molar-refractivity contribution in [3.63, 3.8) is 0 Å². The molecular weight excluding hydrogens is 480 g/mol. The molecule has 0 atom stereocenters. The third kappa shape index (κ3) is 7.41. The van der Waals surface area contributed by atoms with Crippen molar-refractivity contribution in [1.82, 2.24) is 25.0 Å². The van der Waals surface area contributed by atoms with Crippen LogP contribution in [0.15, 0.2) is 35.7 Å². The van der Waals surface area contributed by atoms with E-state index < -0.39 is 0 Å². The van der Waals surface area contributed by atoms with Crippen molar-refractivity contribution in [2.45, 2.75) is 38.8 Å². The third-order valence-electron chi connectivity index (χ3n) is 6.40. The topological polar surface area (TPSA) is 107 Å². The number of anilines is 1. The lowest BCUT2D eigenvalue weighted by molar-refractivity contribution is -0.121. The molecule has 4 amide bonds. The molecule has 0 unspecified atom stereocenters. The van der Waals surface area contributed by atoms with Gasteiger partial charge in [-0.2, -0.15) is 0 Å². The van der Waals surface area contributed by atoms with Crippen LogP contribution in [0.25, 0.3) is 0 Å². The van der Waals surface area contributed by atoms with Gasteiger partial charge in [0, 0.05) is 57.2 Å². The number of amides is 4. The second kappa shape index (κ2) is 12.7. The minimum atomic E-state index is -0.349. The van der Waals surface area contributed by atoms with Gasteiger partial charge in [0.1, 0.15) is 0 Å². The number of hydrogen-bond donors (Lipinski definition) is 2. The van der Waals surface area contributed by atoms with Crippen LogP contribution < -0.4 is 10.6 Å². The lowest BCUT2D eigenvalue weighted by atomic mass is 10.0. The van der Waals surface area contributed by atoms with Crippen LogP contribution in [0, 0.1) is 0 Å². The van der Waals surface area contributed by atoms with Crippen LogP contribution >= 0.6 is 11.3 Å². The van der Waals surface area contributed by atoms with E-state index in [0.717, 1.165) is 32.5 Å². The van der Waals surface area contributed by atoms with Gasteiger partial charge in [0.25, 0.3) is 0 Å². The Labute approximate surface area is 215 Å². The minimum absolute atomic E-state index is 0.0465. The highest BCUT2D eigenvalue weighted by molar-refractivity contribution is 7.13. The summed E-state index contributed by atoms with van der Waals surface area (Å²) in [6.07, 6.45) is 1.70. The van der Waals surface area contributed by atoms with Crippen LogP contribution in [0.2, 0.25) is 0 Å². The summed E-state index contributed by atoms with van der Waals surface area (Å²) in [6.45, 7) is 6.67. The van der Waals surface area contributed by atoms with Crippen molar-refractivity contribution in [3.8, 4) is 0 Å². The number of nitrogens with zero attached hydrogens (tertiary/aromatic N) is 4. The second-order valence-electron chi connectivity index (χ2n) is 9.03. The predicted molar refractivity (Wildman–Crippen MR) is 138 cm³/mol. The number of ether oxygens (including phenoxy) is 1. The maximum Gasteiger partial charge on any atom is 0.409 e. The number of likely N-dealkylation sites (tertiary alicyclic amines) is 1. The number of benzene rings is 1. The first-order valence-electron chi connectivity index (χ1n) is 12.5. The normalized spacial score (nSPS) is 17.0. The predicted octanol–water partition coefficient (Wildman–Crippen LogP) is 2.77. The first-order chi connectivity index (χ1) is 17.5. The smallest absolute Gasteiger partial charge is 0.409 e. The van der Waals surface area contributed by atoms with Crippen molar-refractivity contribution in [2.24, 2.45) is 0 Å². The van der Waals surface area contributed by atoms with Crippen molar-refractivity contribution < 1.29 is 19.1 Å². The van der Waals surface area contributed by atoms with Crippen LogP contribution in [0.4, 0.5) is 14.7 Å². The summed E-state index contributed by atoms with van der Waals surface area (Å²) in [5.41, 5.74) is 1.95. The molecule has 2 fully saturated rings. The van der Waals surface area contributed by atoms with Gasteiger partial charge in [0.15, 0.2) is 5.13 Å². The number of rotatable bonds is 7. The molecule has 0 spiro atoms. The van der Waals surface area contributed by atoms with Gasteiger partial charge in [-0.05, 0) is 25.3 Å². The average Bonchev–Trinajstić information content (AvgIpc) is 3.32. The standard InChI is InChI=1S/C25H34N6O4S/c1-2-35-25(34)31-14-12-30(13-15-31)24(33)28-23-27-21(18-36-23)16-22(32)26-20-8-10-29(11-9-20)17-19-6-4-3-5-7-19/h3-7,18,20H,2,8-17H2,1H3,(H,26,32)(H,27,28,33). The minimum Gasteiger partial charge on any atom is -0.450 e. The second-order valence-corrected chi connectivity index (χ2v) is 9.89. The molecule has 3 heterocycles. The van der Waals surface area contributed by atoms with Crippen molar-refractivity contribution in [1.29, 1.82) is 0 Å². The van der Waals surface area contributed by atoms with Crippen LogP contribution in [-0.4, -0.2) is 89.6 Å². The van der Waals surface area contributed by atoms with Crippen molar-refractivity contribution >= 4 is 34.5 Å². The van der Waals surface area contributed by atoms with Crippen LogP contribution in [0.1, 0.15) is 31.0 Å². The highest BCUT2D eigenvalue weighted by Crippen LogP contribution is 2.18. The highest BCUT2D eigenvalue weighted by Gasteiger charge is 2.25. The van der Waals surface area contributed by atoms with E-state index in [1.54, 1.807) is 22.1 Å². The first-order valence-corrected chi connectivity index (χ1v) is 13.4. The van der Waals surface area contributed by atoms with E-state index in [0.29, 0.717) is 43.6 Å². The lowest BCUT2D eigenvalue weighted by Gasteiger charge is -2.33. The van der Waals surface area contributed by atoms with E-state index in [2.05, 4.69) is 44.8 Å². The van der Waals surface area contributed by atoms with Crippen molar-refractivity contribution in [3.05, 3.63) is 47.0 Å². The van der Waals surface area contributed by atoms with Crippen molar-refractivity contribution in [2.75, 3.05) is 51.2 Å². The van der Waals surface area contributed by atoms with E-state index in [4.69, 9.17) is 4.74 Å². The SMILES string of the molecule is CCOC(=O)N1CCN(C(=O)Nc2nc(CC(=O)NC3CCN(Cc4ccccc4)CC3)cs2)CC1. The fourth-order valence-corrected chi connectivity index (χ4v) is 5.14. The Morgan fingerprint density at radius 1 is 1.03 bits per heavy atom. The summed E-state index contributed by atoms with van der Waals surface area (Å²) >= 11 is 1.30. The molecule has 0 saturated carbocycles. The summed E-state index contributed by atoms with van der Waals surface area (Å²) in [5, 5.41) is 8.20. The molecule has 0 aliphatic carbocycles. The number of hydrogen-bond acceptors (Lipinski definition) is 7. The van der Waals surface area contributed by atoms with E-state index in [1.807, 2.05) is 6.07 Å². The Bertz CT molecular complexity index is 1020. The molecule has 194 valence electrons. The number of carbonyl (C=O) groups excluding carboxylic acids is 3. The van der Waals surface area contributed by atoms with E-state index in [9.17, 15) is 14.4 Å². The Kier molecular flexibility index (Phi) is 9.12. The molecule has 11 heteroatoms. The maximum atomic E-state index is 12.6. The van der Waals surface area contributed by atoms with Gasteiger partial charge in [-0.25, -0.2) is 14.6 Å². The fraction of sp³-hybridized carbons (Fsp3) is 0.520. The third-order valence-corrected chi connectivity index (χ3v) is 7.21. The number of carbonyl (C=O) groups is 3. The zero-order valence-electron chi connectivity index (χ0n) is 20.6. The Morgan fingerprint density at radius 3 is 2.42 bits per heavy atom. The van der Waals surface area contributed by atoms with Crippen LogP contribution in [-0.2, 0) is 22.5 Å². The Hall–Kier alpha value is -3.18. The molecule has 10 nitrogen and oxygen atoms in total. The van der Waals surface area contributed by atoms with E-state index in [-0.39, 0.29) is 30.5 Å². The van der Waals surface area contributed by atoms with Gasteiger partial charge in [0.05, 0.1) is 18.7 Å². The Balaban J connectivity index is 1.15. The van der Waals surface area contributed by atoms with Gasteiger partial charge < -0.3 is 19.9 Å². The molecule has 0 radical (unpaired) electrons. The fourth-order valence-electron chi connectivity index (χ4n) is 4.44. The molecule has 36 heavy (non-hydrogen) atoms. The molecule has 2 aliphatic rings. The maximum absolute atomic E-state index is 12.6. The summed E-state index contributed by atoms with van der Waals surface area (Å²) in [7, 11) is 0. The van der Waals surface area contributed by atoms with Crippen LogP contribution in [0.5, 0.6) is 0 Å². The van der Waals surface area contributed by atoms with Crippen LogP contribution in [0.3, 0.4) is 0 Å². The number of aromatic nitrogens is 1. The van der Waals surface area contributed by atoms with Gasteiger partial charge in [-0.15, -0.1) is 11.3 Å². The molecule has 2 aliphatic heterocycles. The molecular formula is C25H34N6O4S. The largest absolute Gasteiger partial charge is 0.450 e. The van der Waals surface area contributed by atoms with Gasteiger partial charge in [0.2, 0.25) is 5.91 Å². The number of nitrogens with one attached hydrogen (secondary N) is 2. The Morgan fingerprint density at radius 2 is 1.72 bits per heavy atom. The molecule has 0 bridgehead atoms. The van der Waals surface area contributed by atoms with Gasteiger partial charge >= 0.3 is 12.1 Å². The molecule has 1 aromatic heterocycles. The molecule has 2 aromatic rings. The monoisotopic (exact) mass is 514 g/mol. The number of urea groups is 1. The average molecular weight is 515 g/mol. The summed E-state index contributed by atoms with van der Waals surface area (Å²) in [6, 6.07) is 10.4. The highest BCUT2D eigenvalue weighted by atomic mass is 32.1. The van der Waals surface area contributed by atoms with E-state index >= 15 is 0 Å². The van der Waals surface area contributed by atoms with Gasteiger partial charge in [-0.1, -0.05) is 30.3 Å². The zero-order valence-corrected chi connectivity index (χ0v) is 21.5. The number of piperazine rings is 1. The summed E-state index contributed by atoms with van der Waals surface area (Å²) < 4.78 is 5.01. The zero-order chi connectivity index (χ0) is 25.3. The molecule has 2 saturated heterocycles. The molecule has 2 N–H and O–H groups in total. The number of thiazole rings is 1. The molecule has 4 rings (SSSR count).